The van der Waals surface area contributed by atoms with E-state index in [9.17, 15) is 37.2 Å². The minimum Gasteiger partial charge on any atom is -0.473 e. The summed E-state index contributed by atoms with van der Waals surface area (Å²) in [7, 11) is 2.65. The quantitative estimate of drug-likeness (QED) is 0.0692. The zero-order valence-corrected chi connectivity index (χ0v) is 51.0. The molecule has 22 nitrogen and oxygen atoms in total. The number of likely N-dealkylation sites (tertiary alicyclic amines) is 1. The fourth-order valence-corrected chi connectivity index (χ4v) is 12.0. The maximum absolute atomic E-state index is 14.7. The molecule has 4 rings (SSSR count). The Balaban J connectivity index is 1.29. The molecule has 6 amide bonds. The second-order valence-electron chi connectivity index (χ2n) is 22.3. The summed E-state index contributed by atoms with van der Waals surface area (Å²) in [6, 6.07) is 5.25. The average molecular weight is 1160 g/mol. The normalized spacial score (nSPS) is 20.4. The number of hydrogen-bond donors (Lipinski definition) is 4. The number of hydrogen-bond acceptors (Lipinski definition) is 16. The van der Waals surface area contributed by atoms with Crippen molar-refractivity contribution in [2.24, 2.45) is 29.6 Å². The van der Waals surface area contributed by atoms with Gasteiger partial charge in [-0.05, 0) is 69.0 Å². The number of nitrogens with one attached hydrogen (secondary N) is 4. The molecule has 0 bridgehead atoms. The van der Waals surface area contributed by atoms with E-state index in [1.54, 1.807) is 54.1 Å². The second-order valence-corrected chi connectivity index (χ2v) is 24.2. The predicted octanol–water partition coefficient (Wildman–Crippen LogP) is 3.42. The van der Waals surface area contributed by atoms with E-state index in [-0.39, 0.29) is 60.1 Å². The lowest BCUT2D eigenvalue weighted by atomic mass is 9.89. The van der Waals surface area contributed by atoms with Crippen LogP contribution in [0.5, 0.6) is 0 Å². The van der Waals surface area contributed by atoms with Crippen LogP contribution in [0.4, 0.5) is 0 Å². The standard InChI is InChI=1S/C58H97N7O15S/c1-13-40(7)52(47(74-11)37-48(66)65-26-18-21-46(65)53(75-12)41(8)54(67)60-45(35-42-19-16-15-17-20-42)56(69)62-81(72,73)44-22-23-44)64(10)58(71)50(38(3)4)61-57(70)51(39(5)6)63(9)27-30-77-32-34-78-33-31-76-29-25-59-55(68)43-24-28-80-49(36-43)79-14-2/h15-17,19-20,24,28,38-41,43-47,49-53H,13-14,18,21-23,25-27,29-37H2,1-12H3,(H,59,68)(H,60,67)(H,61,70)(H,62,69)/t40-,41+,43?,45-,46-,47+,49?,50-,51-,52-,53+/m0/s1. The highest BCUT2D eigenvalue weighted by Gasteiger charge is 2.44. The minimum atomic E-state index is -3.89. The lowest BCUT2D eigenvalue weighted by Gasteiger charge is -2.41. The smallest absolute Gasteiger partial charge is 0.256 e. The van der Waals surface area contributed by atoms with Gasteiger partial charge in [0.2, 0.25) is 39.6 Å². The van der Waals surface area contributed by atoms with Crippen molar-refractivity contribution in [2.45, 2.75) is 161 Å². The summed E-state index contributed by atoms with van der Waals surface area (Å²) in [6.45, 7) is 19.0. The van der Waals surface area contributed by atoms with Crippen molar-refractivity contribution >= 4 is 45.5 Å². The van der Waals surface area contributed by atoms with Crippen molar-refractivity contribution in [3.8, 4) is 0 Å². The lowest BCUT2D eigenvalue weighted by molar-refractivity contribution is -0.148. The second kappa shape index (κ2) is 34.8. The Morgan fingerprint density at radius 1 is 0.802 bits per heavy atom. The van der Waals surface area contributed by atoms with Crippen LogP contribution in [0.3, 0.4) is 0 Å². The summed E-state index contributed by atoms with van der Waals surface area (Å²) in [5.41, 5.74) is 0.727. The third-order valence-corrected chi connectivity index (χ3v) is 17.4. The maximum Gasteiger partial charge on any atom is 0.256 e. The number of likely N-dealkylation sites (N-methyl/N-ethyl adjacent to an activating group) is 2. The molecule has 1 aromatic rings. The third kappa shape index (κ3) is 21.4. The first kappa shape index (κ1) is 68.7. The third-order valence-electron chi connectivity index (χ3n) is 15.5. The van der Waals surface area contributed by atoms with Gasteiger partial charge in [0.25, 0.3) is 5.91 Å². The fraction of sp³-hybridized carbons (Fsp3) is 0.759. The monoisotopic (exact) mass is 1160 g/mol. The van der Waals surface area contributed by atoms with E-state index >= 15 is 0 Å². The molecule has 0 radical (unpaired) electrons. The fourth-order valence-electron chi connectivity index (χ4n) is 10.6. The number of sulfonamides is 1. The average Bonchev–Trinajstić information content (AvgIpc) is 4.27. The van der Waals surface area contributed by atoms with Crippen molar-refractivity contribution in [2.75, 3.05) is 94.2 Å². The van der Waals surface area contributed by atoms with Crippen LogP contribution in [0, 0.1) is 29.6 Å². The van der Waals surface area contributed by atoms with Crippen LogP contribution in [-0.4, -0.2) is 207 Å². The number of nitrogens with zero attached hydrogens (tertiary/aromatic N) is 3. The van der Waals surface area contributed by atoms with Crippen LogP contribution in [0.15, 0.2) is 42.7 Å². The molecule has 0 aromatic heterocycles. The molecule has 23 heteroatoms. The van der Waals surface area contributed by atoms with E-state index in [2.05, 4.69) is 20.7 Å². The molecule has 11 atom stereocenters. The van der Waals surface area contributed by atoms with Crippen molar-refractivity contribution in [1.82, 2.24) is 35.4 Å². The summed E-state index contributed by atoms with van der Waals surface area (Å²) < 4.78 is 67.8. The molecule has 2 heterocycles. The molecule has 81 heavy (non-hydrogen) atoms. The Labute approximate surface area is 482 Å². The number of benzene rings is 1. The van der Waals surface area contributed by atoms with Gasteiger partial charge in [-0.1, -0.05) is 85.2 Å². The highest BCUT2D eigenvalue weighted by Crippen LogP contribution is 2.31. The Morgan fingerprint density at radius 3 is 2.05 bits per heavy atom. The summed E-state index contributed by atoms with van der Waals surface area (Å²) in [5.74, 6) is -4.02. The molecular formula is C58H97N7O15S. The zero-order valence-electron chi connectivity index (χ0n) is 50.2. The van der Waals surface area contributed by atoms with Crippen LogP contribution in [0.25, 0.3) is 0 Å². The highest BCUT2D eigenvalue weighted by atomic mass is 32.2. The molecule has 1 saturated carbocycles. The summed E-state index contributed by atoms with van der Waals surface area (Å²) in [4.78, 5) is 88.8. The Hall–Kier alpha value is -4.75. The molecular weight excluding hydrogens is 1070 g/mol. The first-order valence-corrected chi connectivity index (χ1v) is 30.6. The van der Waals surface area contributed by atoms with Gasteiger partial charge < -0.3 is 58.9 Å². The lowest BCUT2D eigenvalue weighted by Crippen LogP contribution is -2.60. The summed E-state index contributed by atoms with van der Waals surface area (Å²) in [6.07, 6.45) is 4.48. The van der Waals surface area contributed by atoms with Gasteiger partial charge in [-0.3, -0.25) is 38.4 Å². The number of methoxy groups -OCH3 is 2. The molecule has 460 valence electrons. The topological polar surface area (TPSA) is 259 Å². The number of amides is 6. The van der Waals surface area contributed by atoms with Gasteiger partial charge in [0, 0.05) is 60.4 Å². The van der Waals surface area contributed by atoms with E-state index in [1.807, 2.05) is 66.5 Å². The molecule has 1 aromatic carbocycles. The first-order valence-electron chi connectivity index (χ1n) is 29.1. The van der Waals surface area contributed by atoms with Gasteiger partial charge in [-0.2, -0.15) is 0 Å². The first-order chi connectivity index (χ1) is 38.6. The van der Waals surface area contributed by atoms with Gasteiger partial charge in [0.05, 0.1) is 99.7 Å². The van der Waals surface area contributed by atoms with Gasteiger partial charge in [0.15, 0.2) is 6.29 Å². The Morgan fingerprint density at radius 2 is 1.46 bits per heavy atom. The zero-order chi connectivity index (χ0) is 59.8. The van der Waals surface area contributed by atoms with Crippen LogP contribution in [-0.2, 0) is 78.4 Å². The predicted molar refractivity (Wildman–Crippen MR) is 306 cm³/mol. The Bertz CT molecular complexity index is 2260. The molecule has 1 aliphatic carbocycles. The van der Waals surface area contributed by atoms with Crippen LogP contribution >= 0.6 is 0 Å². The largest absolute Gasteiger partial charge is 0.473 e. The SMILES string of the molecule is CCOC1CC(C(=O)NCCOCCOCCOCCN(C)[C@H](C(=O)N[C@H](C(=O)N(C)[C@@H]([C@@H](C)CC)[C@@H](CC(=O)N2CCC[C@H]2[C@H](OC)[C@@H](C)C(=O)N[C@@H](Cc2ccccc2)C(=O)NS(=O)(=O)C2CC2)OC)C(C)C)C(C)C)C=CO1. The van der Waals surface area contributed by atoms with E-state index < -0.39 is 81.7 Å². The summed E-state index contributed by atoms with van der Waals surface area (Å²) >= 11 is 0. The number of rotatable bonds is 38. The molecule has 1 saturated heterocycles. The van der Waals surface area contributed by atoms with Crippen LogP contribution < -0.4 is 20.7 Å². The van der Waals surface area contributed by atoms with Gasteiger partial charge in [-0.15, -0.1) is 0 Å². The molecule has 2 aliphatic heterocycles. The van der Waals surface area contributed by atoms with Crippen LogP contribution in [0.1, 0.15) is 106 Å². The van der Waals surface area contributed by atoms with Gasteiger partial charge in [-0.25, -0.2) is 8.42 Å². The maximum atomic E-state index is 14.7. The number of carbonyl (C=O) groups is 6. The summed E-state index contributed by atoms with van der Waals surface area (Å²) in [5, 5.41) is 8.12. The number of carbonyl (C=O) groups excluding carboxylic acids is 6. The minimum absolute atomic E-state index is 0.0531. The van der Waals surface area contributed by atoms with Crippen LogP contribution in [0.2, 0.25) is 0 Å². The highest BCUT2D eigenvalue weighted by molar-refractivity contribution is 7.90. The number of ether oxygens (including phenoxy) is 7. The van der Waals surface area contributed by atoms with E-state index in [4.69, 9.17) is 33.2 Å². The van der Waals surface area contributed by atoms with E-state index in [0.29, 0.717) is 104 Å². The molecule has 2 fully saturated rings. The molecule has 4 N–H and O–H groups in total. The van der Waals surface area contributed by atoms with Crippen molar-refractivity contribution in [1.29, 1.82) is 0 Å². The molecule has 0 spiro atoms. The van der Waals surface area contributed by atoms with E-state index in [1.165, 1.54) is 20.5 Å². The van der Waals surface area contributed by atoms with Crippen molar-refractivity contribution in [3.63, 3.8) is 0 Å². The molecule has 3 aliphatic rings. The Kier molecular flexibility index (Phi) is 29.5. The van der Waals surface area contributed by atoms with E-state index in [0.717, 1.165) is 5.56 Å². The van der Waals surface area contributed by atoms with Gasteiger partial charge >= 0.3 is 0 Å². The van der Waals surface area contributed by atoms with Crippen molar-refractivity contribution < 1.29 is 70.3 Å². The molecule has 2 unspecified atom stereocenters. The van der Waals surface area contributed by atoms with Crippen molar-refractivity contribution in [3.05, 3.63) is 48.2 Å². The van der Waals surface area contributed by atoms with Gasteiger partial charge in [0.1, 0.15) is 12.1 Å².